The Morgan fingerprint density at radius 3 is 2.32 bits per heavy atom. The highest BCUT2D eigenvalue weighted by Gasteiger charge is 2.56. The number of aryl methyl sites for hydroxylation is 1. The molecule has 3 heterocycles. The van der Waals surface area contributed by atoms with Crippen LogP contribution in [-0.2, 0) is 44.5 Å². The fourth-order valence-electron chi connectivity index (χ4n) is 8.74. The minimum atomic E-state index is -3.17. The van der Waals surface area contributed by atoms with Crippen LogP contribution in [0.3, 0.4) is 0 Å². The van der Waals surface area contributed by atoms with Gasteiger partial charge >= 0.3 is 5.97 Å². The lowest BCUT2D eigenvalue weighted by atomic mass is 9.74. The molecule has 0 bridgehead atoms. The van der Waals surface area contributed by atoms with Crippen LogP contribution in [0.2, 0.25) is 0 Å². The monoisotopic (exact) mass is 788 g/mol. The Labute approximate surface area is 331 Å². The lowest BCUT2D eigenvalue weighted by Gasteiger charge is -2.47. The largest absolute Gasteiger partial charge is 0.457 e. The van der Waals surface area contributed by atoms with Crippen molar-refractivity contribution in [3.05, 3.63) is 42.1 Å². The Balaban J connectivity index is 1.66. The number of cyclic esters (lactones) is 1. The van der Waals surface area contributed by atoms with E-state index >= 15 is 4.39 Å². The van der Waals surface area contributed by atoms with E-state index in [9.17, 15) is 24.6 Å². The van der Waals surface area contributed by atoms with Crippen LogP contribution < -0.4 is 0 Å². The number of rotatable bonds is 11. The van der Waals surface area contributed by atoms with Crippen molar-refractivity contribution in [3.63, 3.8) is 0 Å². The normalized spacial score (nSPS) is 38.1. The van der Waals surface area contributed by atoms with E-state index in [0.29, 0.717) is 12.8 Å². The first-order chi connectivity index (χ1) is 26.2. The number of aromatic nitrogens is 1. The summed E-state index contributed by atoms with van der Waals surface area (Å²) < 4.78 is 47.3. The fourth-order valence-corrected chi connectivity index (χ4v) is 8.74. The standard InChI is InChI=1S/C43H65FN2O10/c1-12-33-43(8,51)38(53-22-16-15-17-29-20-21-45-31-19-14-13-18-30(29)31)27(4)34(47)25(2)24-41(6,52-11)37(28(5)36(49)42(7,44)40(50)55-33)56-39-35(48)32(46(9)10)23-26(3)54-39/h13-14,18-21,25-28,32-33,35,37-39,48,51H,12,15-17,22-24H2,1-11H3/t25-,26-,27-,28+,32+,33+,35-,37-,38?,39+,41+,42+,43-/m1/s1. The van der Waals surface area contributed by atoms with Crippen molar-refractivity contribution in [2.75, 3.05) is 27.8 Å². The van der Waals surface area contributed by atoms with E-state index in [-0.39, 0.29) is 37.4 Å². The average Bonchev–Trinajstić information content (AvgIpc) is 3.16. The number of aliphatic hydroxyl groups is 2. The van der Waals surface area contributed by atoms with Crippen LogP contribution in [0.4, 0.5) is 4.39 Å². The van der Waals surface area contributed by atoms with Gasteiger partial charge in [0.2, 0.25) is 0 Å². The maximum absolute atomic E-state index is 16.7. The Kier molecular flexibility index (Phi) is 15.4. The Bertz CT molecular complexity index is 1650. The zero-order valence-electron chi connectivity index (χ0n) is 35.1. The van der Waals surface area contributed by atoms with E-state index in [4.69, 9.17) is 23.7 Å². The number of unbranched alkanes of at least 4 members (excludes halogenated alkanes) is 1. The van der Waals surface area contributed by atoms with E-state index in [2.05, 4.69) is 4.98 Å². The number of Topliss-reactive ketones (excluding diaryl/α,β-unsaturated/α-hetero) is 2. The highest BCUT2D eigenvalue weighted by molar-refractivity contribution is 6.07. The summed E-state index contributed by atoms with van der Waals surface area (Å²) in [6.07, 6.45) is -2.07. The number of fused-ring (bicyclic) bond motifs is 1. The number of carbonyl (C=O) groups excluding carboxylic acids is 3. The lowest BCUT2D eigenvalue weighted by molar-refractivity contribution is -0.295. The highest BCUT2D eigenvalue weighted by atomic mass is 19.1. The molecule has 1 unspecified atom stereocenters. The second kappa shape index (κ2) is 18.8. The molecule has 0 radical (unpaired) electrons. The van der Waals surface area contributed by atoms with E-state index in [1.165, 1.54) is 21.0 Å². The number of ether oxygens (including phenoxy) is 5. The average molecular weight is 789 g/mol. The number of hydrogen-bond donors (Lipinski definition) is 2. The smallest absolute Gasteiger partial charge is 0.351 e. The molecule has 0 amide bonds. The second-order valence-corrected chi connectivity index (χ2v) is 16.9. The molecule has 13 heteroatoms. The number of carbonyl (C=O) groups is 3. The predicted molar refractivity (Wildman–Crippen MR) is 210 cm³/mol. The number of ketones is 2. The fraction of sp³-hybridized carbons (Fsp3) is 0.721. The van der Waals surface area contributed by atoms with Crippen molar-refractivity contribution in [2.24, 2.45) is 17.8 Å². The summed E-state index contributed by atoms with van der Waals surface area (Å²) in [4.78, 5) is 48.6. The summed E-state index contributed by atoms with van der Waals surface area (Å²) in [6.45, 7) is 12.4. The predicted octanol–water partition coefficient (Wildman–Crippen LogP) is 5.41. The molecule has 2 aliphatic heterocycles. The van der Waals surface area contributed by atoms with Gasteiger partial charge in [0.05, 0.1) is 29.4 Å². The molecule has 12 nitrogen and oxygen atoms in total. The number of esters is 1. The van der Waals surface area contributed by atoms with Gasteiger partial charge in [-0.05, 0) is 98.0 Å². The maximum Gasteiger partial charge on any atom is 0.351 e. The van der Waals surface area contributed by atoms with E-state index in [1.807, 2.05) is 56.3 Å². The molecule has 314 valence electrons. The Morgan fingerprint density at radius 2 is 1.68 bits per heavy atom. The molecule has 1 aromatic carbocycles. The summed E-state index contributed by atoms with van der Waals surface area (Å²) in [5.74, 6) is -5.89. The van der Waals surface area contributed by atoms with Crippen LogP contribution in [0, 0.1) is 17.8 Å². The van der Waals surface area contributed by atoms with E-state index < -0.39 is 77.1 Å². The molecule has 56 heavy (non-hydrogen) atoms. The first-order valence-electron chi connectivity index (χ1n) is 20.1. The Morgan fingerprint density at radius 1 is 1.00 bits per heavy atom. The van der Waals surface area contributed by atoms with Gasteiger partial charge in [0.25, 0.3) is 5.67 Å². The van der Waals surface area contributed by atoms with Gasteiger partial charge in [0.1, 0.15) is 23.6 Å². The molecule has 2 N–H and O–H groups in total. The van der Waals surface area contributed by atoms with Gasteiger partial charge < -0.3 is 38.8 Å². The summed E-state index contributed by atoms with van der Waals surface area (Å²) in [7, 11) is 5.06. The second-order valence-electron chi connectivity index (χ2n) is 16.9. The molecule has 2 aliphatic rings. The number of para-hydroxylation sites is 1. The van der Waals surface area contributed by atoms with Crippen molar-refractivity contribution in [2.45, 2.75) is 154 Å². The number of hydrogen-bond acceptors (Lipinski definition) is 12. The molecule has 0 saturated carbocycles. The number of likely N-dealkylation sites (N-methyl/N-ethyl adjacent to an activating group) is 1. The van der Waals surface area contributed by atoms with Gasteiger partial charge in [-0.1, -0.05) is 45.9 Å². The van der Waals surface area contributed by atoms with Gasteiger partial charge in [-0.3, -0.25) is 14.6 Å². The van der Waals surface area contributed by atoms with Crippen LogP contribution in [-0.4, -0.2) is 125 Å². The lowest BCUT2D eigenvalue weighted by Crippen LogP contribution is -2.61. The van der Waals surface area contributed by atoms with Gasteiger partial charge in [0, 0.05) is 49.1 Å². The number of halogens is 1. The first kappa shape index (κ1) is 45.8. The number of pyridine rings is 1. The minimum Gasteiger partial charge on any atom is -0.457 e. The number of nitrogens with zero attached hydrogens (tertiary/aromatic N) is 2. The molecule has 0 aliphatic carbocycles. The topological polar surface area (TPSA) is 154 Å². The van der Waals surface area contributed by atoms with Gasteiger partial charge in [-0.15, -0.1) is 0 Å². The van der Waals surface area contributed by atoms with Crippen LogP contribution in [0.5, 0.6) is 0 Å². The summed E-state index contributed by atoms with van der Waals surface area (Å²) in [5, 5.41) is 24.6. The van der Waals surface area contributed by atoms with E-state index in [0.717, 1.165) is 36.2 Å². The van der Waals surface area contributed by atoms with Gasteiger partial charge in [-0.2, -0.15) is 0 Å². The minimum absolute atomic E-state index is 0.00381. The molecule has 2 saturated heterocycles. The zero-order chi connectivity index (χ0) is 41.7. The third kappa shape index (κ3) is 9.85. The van der Waals surface area contributed by atoms with Crippen molar-refractivity contribution in [1.82, 2.24) is 9.88 Å². The van der Waals surface area contributed by atoms with Gasteiger partial charge in [-0.25, -0.2) is 9.18 Å². The summed E-state index contributed by atoms with van der Waals surface area (Å²) in [5.41, 5.74) is -4.51. The SMILES string of the molecule is CC[C@@H]1OC(=O)[C@@](C)(F)C(=O)[C@H](C)[C@@H](O[C@@H]2O[C@H](C)C[C@H](N(C)C)[C@H]2O)[C@@](C)(OC)C[C@@H](C)C(=O)[C@@H](C)C(OCCCCc2ccnc3ccccc23)[C@]1(C)O. The Hall–Kier alpha value is -2.91. The van der Waals surface area contributed by atoms with Gasteiger partial charge in [0.15, 0.2) is 12.1 Å². The molecule has 0 spiro atoms. The number of aliphatic hydroxyl groups excluding tert-OH is 1. The van der Waals surface area contributed by atoms with Crippen LogP contribution in [0.1, 0.15) is 93.1 Å². The van der Waals surface area contributed by atoms with Crippen molar-refractivity contribution in [3.8, 4) is 0 Å². The van der Waals surface area contributed by atoms with Crippen LogP contribution in [0.15, 0.2) is 36.5 Å². The zero-order valence-corrected chi connectivity index (χ0v) is 35.1. The first-order valence-corrected chi connectivity index (χ1v) is 20.1. The molecule has 1 aromatic heterocycles. The van der Waals surface area contributed by atoms with E-state index in [1.54, 1.807) is 33.9 Å². The van der Waals surface area contributed by atoms with Crippen molar-refractivity contribution < 1.29 is 52.7 Å². The number of benzene rings is 1. The third-order valence-corrected chi connectivity index (χ3v) is 12.2. The highest BCUT2D eigenvalue weighted by Crippen LogP contribution is 2.40. The van der Waals surface area contributed by atoms with Crippen LogP contribution >= 0.6 is 0 Å². The van der Waals surface area contributed by atoms with Crippen molar-refractivity contribution in [1.29, 1.82) is 0 Å². The quantitative estimate of drug-likeness (QED) is 0.170. The molecular formula is C43H65FN2O10. The summed E-state index contributed by atoms with van der Waals surface area (Å²) >= 11 is 0. The third-order valence-electron chi connectivity index (χ3n) is 12.2. The molecule has 2 fully saturated rings. The molecular weight excluding hydrogens is 723 g/mol. The molecule has 2 aromatic rings. The number of alkyl halides is 1. The molecule has 4 rings (SSSR count). The number of methoxy groups -OCH3 is 1. The molecule has 13 atom stereocenters. The summed E-state index contributed by atoms with van der Waals surface area (Å²) in [6, 6.07) is 9.57. The van der Waals surface area contributed by atoms with Crippen molar-refractivity contribution >= 4 is 28.4 Å². The maximum atomic E-state index is 16.7. The van der Waals surface area contributed by atoms with Crippen LogP contribution in [0.25, 0.3) is 10.9 Å².